The molecule has 2 N–H and O–H groups in total. The van der Waals surface area contributed by atoms with Gasteiger partial charge in [-0.25, -0.2) is 18.0 Å². The minimum atomic E-state index is -5.51. The van der Waals surface area contributed by atoms with Gasteiger partial charge in [0.15, 0.2) is 17.5 Å². The Hall–Kier alpha value is -2.46. The second-order valence-electron chi connectivity index (χ2n) is 5.96. The molecule has 5 nitrogen and oxygen atoms in total. The first-order valence-electron chi connectivity index (χ1n) is 7.82. The monoisotopic (exact) mass is 400 g/mol. The molecule has 0 aromatic heterocycles. The molecule has 1 amide bonds. The molecule has 152 valence electrons. The van der Waals surface area contributed by atoms with E-state index in [4.69, 9.17) is 0 Å². The zero-order valence-electron chi connectivity index (χ0n) is 14.6. The summed E-state index contributed by atoms with van der Waals surface area (Å²) in [5.74, 6) is -9.22. The quantitative estimate of drug-likeness (QED) is 0.318. The van der Waals surface area contributed by atoms with Gasteiger partial charge in [-0.2, -0.15) is 13.2 Å². The summed E-state index contributed by atoms with van der Waals surface area (Å²) < 4.78 is 86.0. The van der Waals surface area contributed by atoms with Gasteiger partial charge in [-0.1, -0.05) is 13.8 Å². The molecule has 0 saturated carbocycles. The van der Waals surface area contributed by atoms with Gasteiger partial charge < -0.3 is 15.4 Å². The Morgan fingerprint density at radius 1 is 1.11 bits per heavy atom. The Labute approximate surface area is 151 Å². The van der Waals surface area contributed by atoms with Gasteiger partial charge in [-0.15, -0.1) is 0 Å². The van der Waals surface area contributed by atoms with Gasteiger partial charge in [0.2, 0.25) is 5.91 Å². The lowest BCUT2D eigenvalue weighted by molar-refractivity contribution is -0.208. The molecule has 1 aromatic rings. The van der Waals surface area contributed by atoms with E-state index in [-0.39, 0.29) is 12.3 Å². The highest BCUT2D eigenvalue weighted by Crippen LogP contribution is 2.34. The Kier molecular flexibility index (Phi) is 7.10. The van der Waals surface area contributed by atoms with Crippen LogP contribution in [-0.4, -0.2) is 30.3 Å². The maximum absolute atomic E-state index is 13.9. The molecule has 0 unspecified atom stereocenters. The largest absolute Gasteiger partial charge is 0.463 e. The lowest BCUT2D eigenvalue weighted by atomic mass is 10.1. The molecule has 0 bridgehead atoms. The van der Waals surface area contributed by atoms with Crippen molar-refractivity contribution in [3.63, 3.8) is 0 Å². The smallest absolute Gasteiger partial charge is 0.441 e. The molecule has 11 heteroatoms. The number of amides is 1. The van der Waals surface area contributed by atoms with Crippen LogP contribution in [0.2, 0.25) is 0 Å². The zero-order valence-corrected chi connectivity index (χ0v) is 14.6. The second-order valence-corrected chi connectivity index (χ2v) is 5.96. The predicted octanol–water partition coefficient (Wildman–Crippen LogP) is 3.50. The SMILES string of the molecule is CCOC(=O)[C@@](NC(=O)CC(C)C)(Nc1ccc(F)c(F)c1F)C(F)(F)F. The first-order chi connectivity index (χ1) is 12.4. The number of carbonyl (C=O) groups is 2. The number of nitrogens with one attached hydrogen (secondary N) is 2. The number of hydrogen-bond acceptors (Lipinski definition) is 4. The maximum atomic E-state index is 13.9. The molecule has 0 aliphatic carbocycles. The van der Waals surface area contributed by atoms with E-state index in [1.807, 2.05) is 0 Å². The van der Waals surface area contributed by atoms with E-state index in [1.165, 1.54) is 17.6 Å². The molecule has 27 heavy (non-hydrogen) atoms. The van der Waals surface area contributed by atoms with Gasteiger partial charge in [-0.05, 0) is 25.0 Å². The molecule has 0 radical (unpaired) electrons. The molecule has 1 aromatic carbocycles. The van der Waals surface area contributed by atoms with Crippen molar-refractivity contribution in [2.24, 2.45) is 5.92 Å². The summed E-state index contributed by atoms with van der Waals surface area (Å²) in [5.41, 5.74) is -5.09. The van der Waals surface area contributed by atoms with Crippen LogP contribution in [0.25, 0.3) is 0 Å². The lowest BCUT2D eigenvalue weighted by Crippen LogP contribution is -2.69. The van der Waals surface area contributed by atoms with Crippen LogP contribution in [0.15, 0.2) is 12.1 Å². The Morgan fingerprint density at radius 2 is 1.70 bits per heavy atom. The Morgan fingerprint density at radius 3 is 2.19 bits per heavy atom. The minimum absolute atomic E-state index is 0.363. The van der Waals surface area contributed by atoms with Gasteiger partial charge in [0.25, 0.3) is 0 Å². The van der Waals surface area contributed by atoms with Crippen molar-refractivity contribution < 1.29 is 40.7 Å². The summed E-state index contributed by atoms with van der Waals surface area (Å²) in [4.78, 5) is 24.0. The summed E-state index contributed by atoms with van der Waals surface area (Å²) >= 11 is 0. The molecular weight excluding hydrogens is 382 g/mol. The van der Waals surface area contributed by atoms with Crippen LogP contribution in [0.1, 0.15) is 27.2 Å². The van der Waals surface area contributed by atoms with E-state index >= 15 is 0 Å². The third-order valence-electron chi connectivity index (χ3n) is 3.28. The highest BCUT2D eigenvalue weighted by molar-refractivity contribution is 5.91. The normalized spacial score (nSPS) is 13.9. The Balaban J connectivity index is 3.48. The van der Waals surface area contributed by atoms with Gasteiger partial charge in [0.05, 0.1) is 12.3 Å². The molecule has 0 aliphatic rings. The van der Waals surface area contributed by atoms with Crippen LogP contribution in [0.3, 0.4) is 0 Å². The molecule has 0 fully saturated rings. The number of rotatable bonds is 7. The average molecular weight is 400 g/mol. The summed E-state index contributed by atoms with van der Waals surface area (Å²) in [6.07, 6.45) is -5.90. The van der Waals surface area contributed by atoms with E-state index in [1.54, 1.807) is 13.8 Å². The number of alkyl halides is 3. The van der Waals surface area contributed by atoms with Crippen molar-refractivity contribution in [2.45, 2.75) is 39.0 Å². The number of carbonyl (C=O) groups excluding carboxylic acids is 2. The van der Waals surface area contributed by atoms with Crippen LogP contribution >= 0.6 is 0 Å². The first-order valence-corrected chi connectivity index (χ1v) is 7.82. The summed E-state index contributed by atoms with van der Waals surface area (Å²) in [6, 6.07) is 0.824. The van der Waals surface area contributed by atoms with Crippen LogP contribution in [0.5, 0.6) is 0 Å². The summed E-state index contributed by atoms with van der Waals surface area (Å²) in [6.45, 7) is 3.81. The van der Waals surface area contributed by atoms with Crippen LogP contribution in [-0.2, 0) is 14.3 Å². The lowest BCUT2D eigenvalue weighted by Gasteiger charge is -2.35. The van der Waals surface area contributed by atoms with Gasteiger partial charge in [0, 0.05) is 6.42 Å². The highest BCUT2D eigenvalue weighted by Gasteiger charge is 2.63. The van der Waals surface area contributed by atoms with Crippen LogP contribution in [0.4, 0.5) is 32.0 Å². The zero-order chi connectivity index (χ0) is 21.0. The van der Waals surface area contributed by atoms with Crippen molar-refractivity contribution in [3.8, 4) is 0 Å². The minimum Gasteiger partial charge on any atom is -0.463 e. The van der Waals surface area contributed by atoms with Gasteiger partial charge in [0.1, 0.15) is 0 Å². The second kappa shape index (κ2) is 8.49. The molecule has 1 rings (SSSR count). The summed E-state index contributed by atoms with van der Waals surface area (Å²) in [5, 5.41) is 2.91. The first kappa shape index (κ1) is 22.6. The number of hydrogen-bond donors (Lipinski definition) is 2. The molecule has 0 saturated heterocycles. The fourth-order valence-electron chi connectivity index (χ4n) is 2.09. The van der Waals surface area contributed by atoms with E-state index in [0.717, 1.165) is 0 Å². The number of ether oxygens (including phenoxy) is 1. The van der Waals surface area contributed by atoms with E-state index in [0.29, 0.717) is 12.1 Å². The number of halogens is 6. The van der Waals surface area contributed by atoms with Gasteiger partial charge >= 0.3 is 17.8 Å². The Bertz CT molecular complexity index is 708. The number of esters is 1. The topological polar surface area (TPSA) is 67.4 Å². The van der Waals surface area contributed by atoms with E-state index in [2.05, 4.69) is 4.74 Å². The average Bonchev–Trinajstić information content (AvgIpc) is 2.52. The third kappa shape index (κ3) is 5.04. The third-order valence-corrected chi connectivity index (χ3v) is 3.28. The maximum Gasteiger partial charge on any atom is 0.441 e. The van der Waals surface area contributed by atoms with Crippen molar-refractivity contribution in [3.05, 3.63) is 29.6 Å². The standard InChI is InChI=1S/C16H18F6N2O3/c1-4-27-14(26)15(16(20,21)22,24-11(25)7-8(2)3)23-10-6-5-9(17)12(18)13(10)19/h5-6,8,23H,4,7H2,1-3H3,(H,24,25)/t15-/m0/s1. The fraction of sp³-hybridized carbons (Fsp3) is 0.500. The molecular formula is C16H18F6N2O3. The number of benzene rings is 1. The van der Waals surface area contributed by atoms with Crippen LogP contribution < -0.4 is 10.6 Å². The highest BCUT2D eigenvalue weighted by atomic mass is 19.4. The molecule has 0 spiro atoms. The van der Waals surface area contributed by atoms with Crippen molar-refractivity contribution in [1.29, 1.82) is 0 Å². The van der Waals surface area contributed by atoms with Crippen LogP contribution in [0, 0.1) is 23.4 Å². The number of anilines is 1. The molecule has 0 aliphatic heterocycles. The predicted molar refractivity (Wildman–Crippen MR) is 83.0 cm³/mol. The van der Waals surface area contributed by atoms with E-state index in [9.17, 15) is 35.9 Å². The van der Waals surface area contributed by atoms with E-state index < -0.39 is 53.5 Å². The van der Waals surface area contributed by atoms with Crippen molar-refractivity contribution >= 4 is 17.6 Å². The fourth-order valence-corrected chi connectivity index (χ4v) is 2.09. The van der Waals surface area contributed by atoms with Crippen molar-refractivity contribution in [1.82, 2.24) is 5.32 Å². The summed E-state index contributed by atoms with van der Waals surface area (Å²) in [7, 11) is 0. The van der Waals surface area contributed by atoms with Gasteiger partial charge in [-0.3, -0.25) is 4.79 Å². The molecule has 0 heterocycles. The van der Waals surface area contributed by atoms with Crippen molar-refractivity contribution in [2.75, 3.05) is 11.9 Å². The molecule has 1 atom stereocenters.